The molecule has 0 aliphatic carbocycles. The summed E-state index contributed by atoms with van der Waals surface area (Å²) < 4.78 is 6.63. The van der Waals surface area contributed by atoms with Crippen LogP contribution in [0.4, 0.5) is 5.69 Å². The van der Waals surface area contributed by atoms with Crippen LogP contribution in [0.2, 0.25) is 0 Å². The second kappa shape index (κ2) is 6.34. The van der Waals surface area contributed by atoms with Crippen molar-refractivity contribution < 1.29 is 14.8 Å². The molecule has 0 amide bonds. The van der Waals surface area contributed by atoms with Gasteiger partial charge in [0.1, 0.15) is 12.4 Å². The number of hydrogen-bond donors (Lipinski definition) is 1. The van der Waals surface area contributed by atoms with Gasteiger partial charge in [0.2, 0.25) is 0 Å². The molecule has 1 aromatic heterocycles. The second-order valence-corrected chi connectivity index (χ2v) is 6.09. The standard InChI is InChI=1S/C13H12BrNO4S/c1-8(16)12-5-10(15(17)18)2-3-13(12)19-6-11-4-9(14)7-20-11/h2-5,7-8,16H,6H2,1H3/t8-/m1/s1. The van der Waals surface area contributed by atoms with E-state index >= 15 is 0 Å². The molecule has 1 heterocycles. The van der Waals surface area contributed by atoms with E-state index in [-0.39, 0.29) is 5.69 Å². The van der Waals surface area contributed by atoms with Gasteiger partial charge in [0, 0.05) is 32.4 Å². The first kappa shape index (κ1) is 15.0. The number of hydrogen-bond acceptors (Lipinski definition) is 5. The zero-order valence-corrected chi connectivity index (χ0v) is 13.0. The maximum Gasteiger partial charge on any atom is 0.270 e. The summed E-state index contributed by atoms with van der Waals surface area (Å²) in [7, 11) is 0. The van der Waals surface area contributed by atoms with Crippen molar-refractivity contribution in [3.05, 3.63) is 54.7 Å². The molecule has 0 aliphatic heterocycles. The van der Waals surface area contributed by atoms with Crippen LogP contribution < -0.4 is 4.74 Å². The first-order valence-electron chi connectivity index (χ1n) is 5.79. The lowest BCUT2D eigenvalue weighted by atomic mass is 10.1. The van der Waals surface area contributed by atoms with Crippen LogP contribution >= 0.6 is 27.3 Å². The van der Waals surface area contributed by atoms with E-state index < -0.39 is 11.0 Å². The van der Waals surface area contributed by atoms with Crippen molar-refractivity contribution in [1.82, 2.24) is 0 Å². The maximum absolute atomic E-state index is 10.7. The summed E-state index contributed by atoms with van der Waals surface area (Å²) in [6.45, 7) is 1.90. The molecule has 5 nitrogen and oxygen atoms in total. The van der Waals surface area contributed by atoms with Gasteiger partial charge in [0.25, 0.3) is 5.69 Å². The molecule has 2 rings (SSSR count). The Bertz CT molecular complexity index is 627. The van der Waals surface area contributed by atoms with Gasteiger partial charge in [0.05, 0.1) is 11.0 Å². The molecular weight excluding hydrogens is 346 g/mol. The van der Waals surface area contributed by atoms with E-state index in [0.29, 0.717) is 17.9 Å². The molecule has 0 radical (unpaired) electrons. The Morgan fingerprint density at radius 1 is 1.50 bits per heavy atom. The van der Waals surface area contributed by atoms with E-state index in [1.165, 1.54) is 18.2 Å². The highest BCUT2D eigenvalue weighted by Gasteiger charge is 2.15. The molecule has 2 aromatic rings. The van der Waals surface area contributed by atoms with Crippen molar-refractivity contribution in [3.8, 4) is 5.75 Å². The minimum atomic E-state index is -0.833. The van der Waals surface area contributed by atoms with E-state index in [4.69, 9.17) is 4.74 Å². The van der Waals surface area contributed by atoms with Crippen molar-refractivity contribution in [1.29, 1.82) is 0 Å². The van der Waals surface area contributed by atoms with Crippen molar-refractivity contribution in [2.75, 3.05) is 0 Å². The topological polar surface area (TPSA) is 72.6 Å². The molecular formula is C13H12BrNO4S. The Kier molecular flexibility index (Phi) is 4.74. The summed E-state index contributed by atoms with van der Waals surface area (Å²) in [6.07, 6.45) is -0.833. The molecule has 0 aliphatic rings. The molecule has 1 atom stereocenters. The molecule has 0 spiro atoms. The smallest absolute Gasteiger partial charge is 0.270 e. The summed E-state index contributed by atoms with van der Waals surface area (Å²) in [5.74, 6) is 0.454. The van der Waals surface area contributed by atoms with E-state index in [1.54, 1.807) is 18.3 Å². The zero-order chi connectivity index (χ0) is 14.7. The number of aliphatic hydroxyl groups excluding tert-OH is 1. The van der Waals surface area contributed by atoms with Crippen molar-refractivity contribution in [2.24, 2.45) is 0 Å². The van der Waals surface area contributed by atoms with Crippen LogP contribution in [0, 0.1) is 10.1 Å². The summed E-state index contributed by atoms with van der Waals surface area (Å²) in [5, 5.41) is 22.4. The number of halogens is 1. The molecule has 106 valence electrons. The van der Waals surface area contributed by atoms with Crippen molar-refractivity contribution >= 4 is 33.0 Å². The number of non-ortho nitro benzene ring substituents is 1. The van der Waals surface area contributed by atoms with Crippen LogP contribution in [0.25, 0.3) is 0 Å². The lowest BCUT2D eigenvalue weighted by Crippen LogP contribution is -2.01. The van der Waals surface area contributed by atoms with Gasteiger partial charge in [-0.2, -0.15) is 0 Å². The zero-order valence-electron chi connectivity index (χ0n) is 10.6. The Labute approximate surface area is 128 Å². The van der Waals surface area contributed by atoms with E-state index in [9.17, 15) is 15.2 Å². The predicted octanol–water partition coefficient (Wildman–Crippen LogP) is 4.05. The fourth-order valence-corrected chi connectivity index (χ4v) is 3.05. The fourth-order valence-electron chi connectivity index (χ4n) is 1.69. The second-order valence-electron chi connectivity index (χ2n) is 4.18. The molecule has 0 saturated heterocycles. The normalized spacial score (nSPS) is 12.2. The van der Waals surface area contributed by atoms with Gasteiger partial charge in [-0.1, -0.05) is 0 Å². The predicted molar refractivity (Wildman–Crippen MR) is 80.1 cm³/mol. The van der Waals surface area contributed by atoms with Gasteiger partial charge in [-0.3, -0.25) is 10.1 Å². The lowest BCUT2D eigenvalue weighted by molar-refractivity contribution is -0.385. The number of nitrogens with zero attached hydrogens (tertiary/aromatic N) is 1. The van der Waals surface area contributed by atoms with Crippen molar-refractivity contribution in [3.63, 3.8) is 0 Å². The summed E-state index contributed by atoms with van der Waals surface area (Å²) in [5.41, 5.74) is 0.349. The average Bonchev–Trinajstić information content (AvgIpc) is 2.81. The summed E-state index contributed by atoms with van der Waals surface area (Å²) in [6, 6.07) is 6.16. The maximum atomic E-state index is 10.7. The van der Waals surface area contributed by atoms with Crippen molar-refractivity contribution in [2.45, 2.75) is 19.6 Å². The SMILES string of the molecule is C[C@@H](O)c1cc([N+](=O)[O-])ccc1OCc1cc(Br)cs1. The fraction of sp³-hybridized carbons (Fsp3) is 0.231. The largest absolute Gasteiger partial charge is 0.488 e. The van der Waals surface area contributed by atoms with Gasteiger partial charge in [-0.25, -0.2) is 0 Å². The number of nitro benzene ring substituents is 1. The molecule has 0 bridgehead atoms. The molecule has 0 saturated carbocycles. The number of rotatable bonds is 5. The van der Waals surface area contributed by atoms with E-state index in [0.717, 1.165) is 9.35 Å². The third-order valence-corrected chi connectivity index (χ3v) is 4.32. The Morgan fingerprint density at radius 2 is 2.25 bits per heavy atom. The lowest BCUT2D eigenvalue weighted by Gasteiger charge is -2.12. The Morgan fingerprint density at radius 3 is 2.80 bits per heavy atom. The number of thiophene rings is 1. The van der Waals surface area contributed by atoms with Crippen LogP contribution in [-0.4, -0.2) is 10.0 Å². The third-order valence-electron chi connectivity index (χ3n) is 2.65. The molecule has 0 fully saturated rings. The number of aliphatic hydroxyl groups is 1. The molecule has 7 heteroatoms. The van der Waals surface area contributed by atoms with Gasteiger partial charge < -0.3 is 9.84 Å². The Balaban J connectivity index is 2.20. The Hall–Kier alpha value is -1.44. The van der Waals surface area contributed by atoms with Crippen LogP contribution in [0.3, 0.4) is 0 Å². The monoisotopic (exact) mass is 357 g/mol. The average molecular weight is 358 g/mol. The van der Waals surface area contributed by atoms with E-state index in [1.807, 2.05) is 11.4 Å². The number of ether oxygens (including phenoxy) is 1. The highest BCUT2D eigenvalue weighted by atomic mass is 79.9. The minimum Gasteiger partial charge on any atom is -0.488 e. The van der Waals surface area contributed by atoms with Gasteiger partial charge >= 0.3 is 0 Å². The van der Waals surface area contributed by atoms with Gasteiger partial charge in [0.15, 0.2) is 0 Å². The molecule has 1 N–H and O–H groups in total. The number of benzene rings is 1. The molecule has 1 aromatic carbocycles. The third kappa shape index (κ3) is 3.56. The van der Waals surface area contributed by atoms with Crippen LogP contribution in [0.5, 0.6) is 5.75 Å². The van der Waals surface area contributed by atoms with Crippen LogP contribution in [-0.2, 0) is 6.61 Å². The minimum absolute atomic E-state index is 0.0629. The van der Waals surface area contributed by atoms with Gasteiger partial charge in [-0.15, -0.1) is 11.3 Å². The van der Waals surface area contributed by atoms with Crippen LogP contribution in [0.15, 0.2) is 34.1 Å². The molecule has 20 heavy (non-hydrogen) atoms. The van der Waals surface area contributed by atoms with Crippen LogP contribution in [0.1, 0.15) is 23.5 Å². The summed E-state index contributed by atoms with van der Waals surface area (Å²) >= 11 is 4.91. The summed E-state index contributed by atoms with van der Waals surface area (Å²) in [4.78, 5) is 11.3. The quantitative estimate of drug-likeness (QED) is 0.646. The highest BCUT2D eigenvalue weighted by molar-refractivity contribution is 9.10. The van der Waals surface area contributed by atoms with Gasteiger partial charge in [-0.05, 0) is 35.0 Å². The van der Waals surface area contributed by atoms with E-state index in [2.05, 4.69) is 15.9 Å². The first-order chi connectivity index (χ1) is 9.47. The molecule has 0 unspecified atom stereocenters. The highest BCUT2D eigenvalue weighted by Crippen LogP contribution is 2.30. The first-order valence-corrected chi connectivity index (χ1v) is 7.46. The number of nitro groups is 1.